The molecule has 0 saturated heterocycles. The first-order valence-corrected chi connectivity index (χ1v) is 9.35. The van der Waals surface area contributed by atoms with Crippen LogP contribution in [0.25, 0.3) is 11.1 Å². The average Bonchev–Trinajstić information content (AvgIpc) is 2.99. The molecule has 1 aliphatic rings. The highest BCUT2D eigenvalue weighted by molar-refractivity contribution is 6.09. The molecule has 0 saturated carbocycles. The number of carbonyl (C=O) groups excluding carboxylic acids is 1. The monoisotopic (exact) mass is 425 g/mol. The number of alkyl halides is 1. The summed E-state index contributed by atoms with van der Waals surface area (Å²) in [4.78, 5) is 26.8. The van der Waals surface area contributed by atoms with Gasteiger partial charge in [0.25, 0.3) is 5.91 Å². The van der Waals surface area contributed by atoms with E-state index in [4.69, 9.17) is 5.73 Å². The Kier molecular flexibility index (Phi) is 4.96. The number of halogens is 3. The maximum absolute atomic E-state index is 15.2. The number of guanidine groups is 1. The zero-order chi connectivity index (χ0) is 22.3. The second-order valence-corrected chi connectivity index (χ2v) is 7.21. The Bertz CT molecular complexity index is 1230. The quantitative estimate of drug-likeness (QED) is 0.696. The van der Waals surface area contributed by atoms with E-state index in [0.717, 1.165) is 4.90 Å². The molecule has 0 spiro atoms. The van der Waals surface area contributed by atoms with Crippen LogP contribution < -0.4 is 5.73 Å². The minimum atomic E-state index is -1.97. The van der Waals surface area contributed by atoms with Gasteiger partial charge in [0.2, 0.25) is 0 Å². The molecule has 9 heteroatoms. The highest BCUT2D eigenvalue weighted by atomic mass is 19.1. The Labute approximate surface area is 176 Å². The molecule has 31 heavy (non-hydrogen) atoms. The first kappa shape index (κ1) is 20.5. The first-order valence-electron chi connectivity index (χ1n) is 9.35. The summed E-state index contributed by atoms with van der Waals surface area (Å²) in [6, 6.07) is 6.56. The Morgan fingerprint density at radius 2 is 1.90 bits per heavy atom. The Morgan fingerprint density at radius 1 is 1.13 bits per heavy atom. The van der Waals surface area contributed by atoms with Crippen molar-refractivity contribution in [3.63, 3.8) is 0 Å². The van der Waals surface area contributed by atoms with Gasteiger partial charge in [-0.05, 0) is 25.1 Å². The van der Waals surface area contributed by atoms with Crippen LogP contribution in [0.5, 0.6) is 0 Å². The predicted octanol–water partition coefficient (Wildman–Crippen LogP) is 3.23. The molecule has 1 aliphatic heterocycles. The van der Waals surface area contributed by atoms with E-state index in [0.29, 0.717) is 17.3 Å². The molecule has 0 aliphatic carbocycles. The number of aliphatic imine (C=N–C) groups is 1. The van der Waals surface area contributed by atoms with Gasteiger partial charge in [-0.15, -0.1) is 0 Å². The summed E-state index contributed by atoms with van der Waals surface area (Å²) in [5, 5.41) is 0. The largest absolute Gasteiger partial charge is 0.369 e. The minimum Gasteiger partial charge on any atom is -0.369 e. The SMILES string of the molecule is Cc1ncccc1-c1cc(C2(c3cncc(CF)c3)N=C(N)N(C)C2=O)c(F)cc1F. The van der Waals surface area contributed by atoms with Crippen molar-refractivity contribution >= 4 is 11.9 Å². The van der Waals surface area contributed by atoms with Crippen LogP contribution in [0.4, 0.5) is 13.2 Å². The Morgan fingerprint density at radius 3 is 2.55 bits per heavy atom. The van der Waals surface area contributed by atoms with Gasteiger partial charge in [-0.1, -0.05) is 6.07 Å². The number of carbonyl (C=O) groups is 1. The number of nitrogens with two attached hydrogens (primary N) is 1. The molecule has 4 rings (SSSR count). The van der Waals surface area contributed by atoms with E-state index in [1.165, 1.54) is 31.6 Å². The van der Waals surface area contributed by atoms with Gasteiger partial charge >= 0.3 is 0 Å². The maximum atomic E-state index is 15.2. The number of aromatic nitrogens is 2. The molecule has 2 N–H and O–H groups in total. The second-order valence-electron chi connectivity index (χ2n) is 7.21. The Hall–Kier alpha value is -3.75. The van der Waals surface area contributed by atoms with Crippen LogP contribution in [0.2, 0.25) is 0 Å². The summed E-state index contributed by atoms with van der Waals surface area (Å²) in [7, 11) is 1.39. The summed E-state index contributed by atoms with van der Waals surface area (Å²) < 4.78 is 43.3. The summed E-state index contributed by atoms with van der Waals surface area (Å²) >= 11 is 0. The molecule has 0 fully saturated rings. The molecule has 3 aromatic rings. The third kappa shape index (κ3) is 3.13. The fraction of sp³-hybridized carbons (Fsp3) is 0.182. The van der Waals surface area contributed by atoms with E-state index in [1.807, 2.05) is 0 Å². The molecule has 2 aromatic heterocycles. The number of hydrogen-bond acceptors (Lipinski definition) is 5. The van der Waals surface area contributed by atoms with E-state index in [-0.39, 0.29) is 28.2 Å². The summed E-state index contributed by atoms with van der Waals surface area (Å²) in [6.45, 7) is 0.846. The van der Waals surface area contributed by atoms with Crippen LogP contribution in [-0.4, -0.2) is 33.8 Å². The van der Waals surface area contributed by atoms with E-state index in [9.17, 15) is 13.6 Å². The fourth-order valence-corrected chi connectivity index (χ4v) is 3.72. The zero-order valence-electron chi connectivity index (χ0n) is 16.7. The van der Waals surface area contributed by atoms with Crippen molar-refractivity contribution in [2.45, 2.75) is 19.1 Å². The molecule has 1 amide bonds. The smallest absolute Gasteiger partial charge is 0.266 e. The van der Waals surface area contributed by atoms with Crippen LogP contribution in [0.15, 0.2) is 53.9 Å². The van der Waals surface area contributed by atoms with E-state index < -0.39 is 29.8 Å². The van der Waals surface area contributed by atoms with Crippen LogP contribution >= 0.6 is 0 Å². The fourth-order valence-electron chi connectivity index (χ4n) is 3.72. The summed E-state index contributed by atoms with van der Waals surface area (Å²) in [6.07, 6.45) is 4.14. The lowest BCUT2D eigenvalue weighted by Crippen LogP contribution is -2.41. The number of nitrogens with zero attached hydrogens (tertiary/aromatic N) is 4. The van der Waals surface area contributed by atoms with Gasteiger partial charge in [0.15, 0.2) is 11.5 Å². The van der Waals surface area contributed by atoms with E-state index in [1.54, 1.807) is 25.3 Å². The zero-order valence-corrected chi connectivity index (χ0v) is 16.7. The molecule has 158 valence electrons. The van der Waals surface area contributed by atoms with E-state index >= 15 is 4.39 Å². The van der Waals surface area contributed by atoms with Crippen molar-refractivity contribution in [2.24, 2.45) is 10.7 Å². The van der Waals surface area contributed by atoms with Crippen LogP contribution in [0, 0.1) is 18.6 Å². The van der Waals surface area contributed by atoms with Crippen molar-refractivity contribution in [3.05, 3.63) is 82.9 Å². The van der Waals surface area contributed by atoms with Gasteiger partial charge in [-0.3, -0.25) is 19.7 Å². The molecule has 1 aromatic carbocycles. The maximum Gasteiger partial charge on any atom is 0.266 e. The predicted molar refractivity (Wildman–Crippen MR) is 109 cm³/mol. The molecule has 1 unspecified atom stereocenters. The number of likely N-dealkylation sites (N-methyl/N-ethyl adjacent to an activating group) is 1. The normalized spacial score (nSPS) is 18.4. The Balaban J connectivity index is 2.05. The average molecular weight is 425 g/mol. The molecule has 0 bridgehead atoms. The highest BCUT2D eigenvalue weighted by Crippen LogP contribution is 2.42. The van der Waals surface area contributed by atoms with Crippen LogP contribution in [-0.2, 0) is 17.0 Å². The van der Waals surface area contributed by atoms with Gasteiger partial charge in [0.1, 0.15) is 18.3 Å². The molecule has 0 radical (unpaired) electrons. The van der Waals surface area contributed by atoms with Gasteiger partial charge in [-0.25, -0.2) is 18.2 Å². The number of rotatable bonds is 4. The van der Waals surface area contributed by atoms with Gasteiger partial charge in [0, 0.05) is 65.2 Å². The summed E-state index contributed by atoms with van der Waals surface area (Å²) in [5.74, 6) is -2.63. The van der Waals surface area contributed by atoms with Crippen molar-refractivity contribution < 1.29 is 18.0 Å². The molecule has 1 atom stereocenters. The number of pyridine rings is 2. The molecular formula is C22H18F3N5O. The third-order valence-corrected chi connectivity index (χ3v) is 5.35. The third-order valence-electron chi connectivity index (χ3n) is 5.35. The van der Waals surface area contributed by atoms with Gasteiger partial charge in [0.05, 0.1) is 0 Å². The second kappa shape index (κ2) is 7.50. The number of benzene rings is 1. The lowest BCUT2D eigenvalue weighted by molar-refractivity contribution is -0.129. The van der Waals surface area contributed by atoms with Gasteiger partial charge < -0.3 is 5.73 Å². The minimum absolute atomic E-state index is 0.0482. The number of amides is 1. The first-order chi connectivity index (χ1) is 14.8. The highest BCUT2D eigenvalue weighted by Gasteiger charge is 2.51. The van der Waals surface area contributed by atoms with Crippen molar-refractivity contribution in [1.82, 2.24) is 14.9 Å². The number of aryl methyl sites for hydroxylation is 1. The van der Waals surface area contributed by atoms with Crippen molar-refractivity contribution in [3.8, 4) is 11.1 Å². The topological polar surface area (TPSA) is 84.5 Å². The molecule has 6 nitrogen and oxygen atoms in total. The van der Waals surface area contributed by atoms with Gasteiger partial charge in [-0.2, -0.15) is 0 Å². The van der Waals surface area contributed by atoms with Crippen LogP contribution in [0.1, 0.15) is 22.4 Å². The van der Waals surface area contributed by atoms with E-state index in [2.05, 4.69) is 15.0 Å². The molecule has 3 heterocycles. The van der Waals surface area contributed by atoms with Crippen molar-refractivity contribution in [1.29, 1.82) is 0 Å². The molecular weight excluding hydrogens is 407 g/mol. The lowest BCUT2D eigenvalue weighted by atomic mass is 9.81. The summed E-state index contributed by atoms with van der Waals surface area (Å²) in [5.41, 5.74) is 5.01. The number of hydrogen-bond donors (Lipinski definition) is 1. The standard InChI is InChI=1S/C22H18F3N5O/c1-12-15(4-3-5-28-12)16-7-17(19(25)8-18(16)24)22(20(31)30(2)21(26)29-22)14-6-13(9-23)10-27-11-14/h3-8,10-11H,9H2,1-2H3,(H2,26,29). The lowest BCUT2D eigenvalue weighted by Gasteiger charge is -2.27. The van der Waals surface area contributed by atoms with Crippen LogP contribution in [0.3, 0.4) is 0 Å². The van der Waals surface area contributed by atoms with Crippen molar-refractivity contribution in [2.75, 3.05) is 7.05 Å².